The van der Waals surface area contributed by atoms with Gasteiger partial charge in [0, 0.05) is 0 Å². The Labute approximate surface area is 151 Å². The zero-order chi connectivity index (χ0) is 18.1. The van der Waals surface area contributed by atoms with Crippen LogP contribution >= 0.6 is 11.3 Å². The summed E-state index contributed by atoms with van der Waals surface area (Å²) in [6.07, 6.45) is 3.72. The van der Waals surface area contributed by atoms with Gasteiger partial charge in [-0.3, -0.25) is 0 Å². The third kappa shape index (κ3) is 3.06. The van der Waals surface area contributed by atoms with Crippen molar-refractivity contribution in [3.05, 3.63) is 64.7 Å². The van der Waals surface area contributed by atoms with Gasteiger partial charge in [0.1, 0.15) is 22.4 Å². The van der Waals surface area contributed by atoms with E-state index in [-0.39, 0.29) is 11.4 Å². The molecule has 0 radical (unpaired) electrons. The van der Waals surface area contributed by atoms with Crippen LogP contribution in [0.5, 0.6) is 5.75 Å². The first-order valence-electron chi connectivity index (χ1n) is 7.64. The monoisotopic (exact) mass is 370 g/mol. The largest absolute Gasteiger partial charge is 0.497 e. The van der Waals surface area contributed by atoms with Crippen LogP contribution < -0.4 is 4.74 Å². The van der Waals surface area contributed by atoms with Crippen molar-refractivity contribution >= 4 is 28.4 Å². The number of fused-ring (bicyclic) bond motifs is 1. The maximum absolute atomic E-state index is 14.0. The SMILES string of the molecule is COc1ccc(C=Cc2nn3c(-c4cc(F)ccc4F)nnc3s2)cc1. The van der Waals surface area contributed by atoms with Crippen LogP contribution in [0.25, 0.3) is 28.5 Å². The minimum absolute atomic E-state index is 0.0217. The molecule has 26 heavy (non-hydrogen) atoms. The first-order valence-corrected chi connectivity index (χ1v) is 8.45. The molecule has 0 bridgehead atoms. The molecule has 4 rings (SSSR count). The molecular formula is C18H12F2N4OS. The third-order valence-electron chi connectivity index (χ3n) is 3.71. The normalized spacial score (nSPS) is 11.5. The Balaban J connectivity index is 1.67. The molecule has 2 heterocycles. The summed E-state index contributed by atoms with van der Waals surface area (Å²) in [6.45, 7) is 0. The van der Waals surface area contributed by atoms with E-state index in [0.29, 0.717) is 9.97 Å². The van der Waals surface area contributed by atoms with E-state index in [2.05, 4.69) is 15.3 Å². The van der Waals surface area contributed by atoms with Gasteiger partial charge in [0.05, 0.1) is 12.7 Å². The molecule has 0 aliphatic heterocycles. The molecule has 0 aliphatic carbocycles. The van der Waals surface area contributed by atoms with Gasteiger partial charge in [-0.1, -0.05) is 29.5 Å². The fourth-order valence-electron chi connectivity index (χ4n) is 2.42. The van der Waals surface area contributed by atoms with Crippen LogP contribution in [0, 0.1) is 11.6 Å². The molecule has 0 saturated heterocycles. The van der Waals surface area contributed by atoms with E-state index < -0.39 is 11.6 Å². The zero-order valence-electron chi connectivity index (χ0n) is 13.6. The van der Waals surface area contributed by atoms with Crippen molar-refractivity contribution in [3.8, 4) is 17.1 Å². The summed E-state index contributed by atoms with van der Waals surface area (Å²) in [5, 5.41) is 13.0. The number of aromatic nitrogens is 4. The van der Waals surface area contributed by atoms with E-state index in [1.54, 1.807) is 7.11 Å². The van der Waals surface area contributed by atoms with Gasteiger partial charge in [0.15, 0.2) is 5.82 Å². The van der Waals surface area contributed by atoms with Crippen molar-refractivity contribution in [2.24, 2.45) is 0 Å². The molecular weight excluding hydrogens is 358 g/mol. The maximum Gasteiger partial charge on any atom is 0.235 e. The Bertz CT molecular complexity index is 1100. The minimum Gasteiger partial charge on any atom is -0.497 e. The van der Waals surface area contributed by atoms with Gasteiger partial charge in [-0.25, -0.2) is 8.78 Å². The zero-order valence-corrected chi connectivity index (χ0v) is 14.4. The van der Waals surface area contributed by atoms with Crippen molar-refractivity contribution in [2.45, 2.75) is 0 Å². The third-order valence-corrected chi connectivity index (χ3v) is 4.57. The standard InChI is InChI=1S/C18H12F2N4OS/c1-25-13-6-2-11(3-7-13)4-9-16-23-24-17(21-22-18(24)26-16)14-10-12(19)5-8-15(14)20/h2-10H,1H3. The Morgan fingerprint density at radius 2 is 1.85 bits per heavy atom. The number of nitrogens with zero attached hydrogens (tertiary/aromatic N) is 4. The first-order chi connectivity index (χ1) is 12.6. The van der Waals surface area contributed by atoms with Crippen LogP contribution in [0.3, 0.4) is 0 Å². The van der Waals surface area contributed by atoms with Crippen molar-refractivity contribution in [1.29, 1.82) is 0 Å². The summed E-state index contributed by atoms with van der Waals surface area (Å²) >= 11 is 1.30. The predicted molar refractivity (Wildman–Crippen MR) is 95.9 cm³/mol. The molecule has 130 valence electrons. The van der Waals surface area contributed by atoms with E-state index in [0.717, 1.165) is 29.5 Å². The van der Waals surface area contributed by atoms with E-state index in [1.165, 1.54) is 15.9 Å². The number of benzene rings is 2. The van der Waals surface area contributed by atoms with Gasteiger partial charge in [-0.2, -0.15) is 9.61 Å². The lowest BCUT2D eigenvalue weighted by Gasteiger charge is -1.99. The Hall–Kier alpha value is -3.13. The number of rotatable bonds is 4. The Morgan fingerprint density at radius 1 is 1.04 bits per heavy atom. The number of halogens is 2. The molecule has 0 spiro atoms. The second-order valence-electron chi connectivity index (χ2n) is 5.39. The summed E-state index contributed by atoms with van der Waals surface area (Å²) in [4.78, 5) is 0.498. The molecule has 0 unspecified atom stereocenters. The van der Waals surface area contributed by atoms with Gasteiger partial charge >= 0.3 is 0 Å². The van der Waals surface area contributed by atoms with Crippen LogP contribution in [0.4, 0.5) is 8.78 Å². The fraction of sp³-hybridized carbons (Fsp3) is 0.0556. The second kappa shape index (κ2) is 6.64. The summed E-state index contributed by atoms with van der Waals surface area (Å²) < 4.78 is 34.0. The Morgan fingerprint density at radius 3 is 2.62 bits per heavy atom. The van der Waals surface area contributed by atoms with E-state index in [1.807, 2.05) is 36.4 Å². The topological polar surface area (TPSA) is 52.3 Å². The lowest BCUT2D eigenvalue weighted by Crippen LogP contribution is -1.94. The molecule has 2 aromatic carbocycles. The highest BCUT2D eigenvalue weighted by atomic mass is 32.1. The minimum atomic E-state index is -0.580. The molecule has 0 amide bonds. The molecule has 0 atom stereocenters. The van der Waals surface area contributed by atoms with Gasteiger partial charge in [-0.15, -0.1) is 10.2 Å². The van der Waals surface area contributed by atoms with E-state index in [4.69, 9.17) is 4.74 Å². The molecule has 5 nitrogen and oxygen atoms in total. The fourth-order valence-corrected chi connectivity index (χ4v) is 3.16. The van der Waals surface area contributed by atoms with Gasteiger partial charge in [0.2, 0.25) is 4.96 Å². The molecule has 0 saturated carbocycles. The van der Waals surface area contributed by atoms with Crippen LogP contribution in [0.15, 0.2) is 42.5 Å². The first kappa shape index (κ1) is 16.3. The summed E-state index contributed by atoms with van der Waals surface area (Å²) in [7, 11) is 1.61. The van der Waals surface area contributed by atoms with E-state index in [9.17, 15) is 8.78 Å². The summed E-state index contributed by atoms with van der Waals surface area (Å²) in [5.74, 6) is -0.183. The summed E-state index contributed by atoms with van der Waals surface area (Å²) in [6, 6.07) is 10.8. The van der Waals surface area contributed by atoms with Gasteiger partial charge < -0.3 is 4.74 Å². The highest BCUT2D eigenvalue weighted by molar-refractivity contribution is 7.17. The summed E-state index contributed by atoms with van der Waals surface area (Å²) in [5.41, 5.74) is 1.00. The van der Waals surface area contributed by atoms with Crippen LogP contribution in [-0.2, 0) is 0 Å². The van der Waals surface area contributed by atoms with Crippen LogP contribution in [0.2, 0.25) is 0 Å². The number of methoxy groups -OCH3 is 1. The van der Waals surface area contributed by atoms with E-state index >= 15 is 0 Å². The van der Waals surface area contributed by atoms with Crippen molar-refractivity contribution in [3.63, 3.8) is 0 Å². The highest BCUT2D eigenvalue weighted by Crippen LogP contribution is 2.25. The average molecular weight is 370 g/mol. The van der Waals surface area contributed by atoms with Crippen molar-refractivity contribution < 1.29 is 13.5 Å². The second-order valence-corrected chi connectivity index (χ2v) is 6.38. The smallest absolute Gasteiger partial charge is 0.235 e. The van der Waals surface area contributed by atoms with Crippen LogP contribution in [-0.4, -0.2) is 26.9 Å². The van der Waals surface area contributed by atoms with Crippen molar-refractivity contribution in [1.82, 2.24) is 19.8 Å². The lowest BCUT2D eigenvalue weighted by molar-refractivity contribution is 0.415. The quantitative estimate of drug-likeness (QED) is 0.537. The molecule has 0 aliphatic rings. The lowest BCUT2D eigenvalue weighted by atomic mass is 10.2. The predicted octanol–water partition coefficient (Wildman–Crippen LogP) is 4.31. The molecule has 2 aromatic heterocycles. The molecule has 0 N–H and O–H groups in total. The molecule has 8 heteroatoms. The maximum atomic E-state index is 14.0. The number of ether oxygens (including phenoxy) is 1. The molecule has 0 fully saturated rings. The molecule has 4 aromatic rings. The Kier molecular flexibility index (Phi) is 4.18. The average Bonchev–Trinajstić information content (AvgIpc) is 3.23. The van der Waals surface area contributed by atoms with Gasteiger partial charge in [0.25, 0.3) is 0 Å². The number of hydrogen-bond donors (Lipinski definition) is 0. The van der Waals surface area contributed by atoms with Crippen LogP contribution in [0.1, 0.15) is 10.6 Å². The van der Waals surface area contributed by atoms with Gasteiger partial charge in [-0.05, 0) is 42.0 Å². The van der Waals surface area contributed by atoms with Crippen molar-refractivity contribution in [2.75, 3.05) is 7.11 Å². The number of hydrogen-bond acceptors (Lipinski definition) is 5. The highest BCUT2D eigenvalue weighted by Gasteiger charge is 2.16.